The molecule has 0 aliphatic heterocycles. The summed E-state index contributed by atoms with van der Waals surface area (Å²) in [4.78, 5) is 0. The van der Waals surface area contributed by atoms with Gasteiger partial charge in [0.05, 0.1) is 6.04 Å². The highest BCUT2D eigenvalue weighted by molar-refractivity contribution is 5.18. The average Bonchev–Trinajstić information content (AvgIpc) is 2.19. The molecule has 14 heavy (non-hydrogen) atoms. The molecule has 1 rings (SSSR count). The van der Waals surface area contributed by atoms with E-state index >= 15 is 0 Å². The average molecular weight is 199 g/mol. The van der Waals surface area contributed by atoms with Gasteiger partial charge in [-0.15, -0.1) is 0 Å². The van der Waals surface area contributed by atoms with Gasteiger partial charge < -0.3 is 5.32 Å². The molecule has 1 aromatic rings. The molecule has 1 N–H and O–H groups in total. The van der Waals surface area contributed by atoms with Gasteiger partial charge in [0.25, 0.3) is 6.43 Å². The Labute approximate surface area is 83.1 Å². The molecule has 78 valence electrons. The van der Waals surface area contributed by atoms with E-state index in [0.717, 1.165) is 5.56 Å². The first-order valence-electron chi connectivity index (χ1n) is 4.70. The van der Waals surface area contributed by atoms with Crippen LogP contribution in [-0.2, 0) is 0 Å². The second kappa shape index (κ2) is 5.05. The topological polar surface area (TPSA) is 12.0 Å². The Morgan fingerprint density at radius 1 is 1.07 bits per heavy atom. The van der Waals surface area contributed by atoms with Gasteiger partial charge in [-0.3, -0.25) is 0 Å². The highest BCUT2D eigenvalue weighted by Gasteiger charge is 2.16. The van der Waals surface area contributed by atoms with Crippen LogP contribution >= 0.6 is 0 Å². The van der Waals surface area contributed by atoms with Crippen molar-refractivity contribution >= 4 is 0 Å². The molecule has 3 heteroatoms. The third-order valence-electron chi connectivity index (χ3n) is 2.19. The van der Waals surface area contributed by atoms with Crippen molar-refractivity contribution in [2.75, 3.05) is 0 Å². The van der Waals surface area contributed by atoms with Gasteiger partial charge in [0.15, 0.2) is 0 Å². The maximum atomic E-state index is 12.2. The Bertz CT molecular complexity index is 261. The normalized spacial score (nSPS) is 15.5. The predicted octanol–water partition coefficient (Wildman–Crippen LogP) is 2.99. The minimum atomic E-state index is -2.32. The minimum Gasteiger partial charge on any atom is -0.302 e. The van der Waals surface area contributed by atoms with Crippen LogP contribution in [-0.4, -0.2) is 12.5 Å². The number of hydrogen-bond acceptors (Lipinski definition) is 1. The van der Waals surface area contributed by atoms with Crippen LogP contribution in [0, 0.1) is 0 Å². The van der Waals surface area contributed by atoms with Gasteiger partial charge in [-0.25, -0.2) is 8.78 Å². The van der Waals surface area contributed by atoms with Crippen molar-refractivity contribution in [1.82, 2.24) is 5.32 Å². The summed E-state index contributed by atoms with van der Waals surface area (Å²) in [5.41, 5.74) is 1.03. The maximum Gasteiger partial charge on any atom is 0.253 e. The lowest BCUT2D eigenvalue weighted by atomic mass is 10.1. The smallest absolute Gasteiger partial charge is 0.253 e. The lowest BCUT2D eigenvalue weighted by Crippen LogP contribution is -2.34. The van der Waals surface area contributed by atoms with Crippen molar-refractivity contribution in [2.45, 2.75) is 32.4 Å². The number of nitrogens with one attached hydrogen (secondary N) is 1. The van der Waals surface area contributed by atoms with Crippen molar-refractivity contribution in [3.8, 4) is 0 Å². The molecule has 0 aliphatic rings. The van der Waals surface area contributed by atoms with E-state index in [4.69, 9.17) is 0 Å². The first kappa shape index (κ1) is 11.1. The summed E-state index contributed by atoms with van der Waals surface area (Å²) in [6, 6.07) is 8.75. The number of halogens is 2. The molecule has 2 unspecified atom stereocenters. The monoisotopic (exact) mass is 199 g/mol. The minimum absolute atomic E-state index is 0.0415. The molecule has 0 radical (unpaired) electrons. The molecule has 0 heterocycles. The van der Waals surface area contributed by atoms with Gasteiger partial charge in [-0.1, -0.05) is 30.3 Å². The molecule has 0 aliphatic carbocycles. The van der Waals surface area contributed by atoms with Crippen molar-refractivity contribution in [2.24, 2.45) is 0 Å². The van der Waals surface area contributed by atoms with Gasteiger partial charge in [0, 0.05) is 6.04 Å². The molecule has 0 amide bonds. The van der Waals surface area contributed by atoms with Gasteiger partial charge >= 0.3 is 0 Å². The molecule has 0 fully saturated rings. The van der Waals surface area contributed by atoms with Crippen LogP contribution in [0.25, 0.3) is 0 Å². The summed E-state index contributed by atoms with van der Waals surface area (Å²) in [6.07, 6.45) is -2.32. The van der Waals surface area contributed by atoms with Gasteiger partial charge in [0.2, 0.25) is 0 Å². The fourth-order valence-corrected chi connectivity index (χ4v) is 1.31. The summed E-state index contributed by atoms with van der Waals surface area (Å²) in [6.45, 7) is 3.37. The van der Waals surface area contributed by atoms with Crippen molar-refractivity contribution in [3.05, 3.63) is 35.9 Å². The number of benzene rings is 1. The standard InChI is InChI=1S/C11H15F2N/c1-8(14-9(2)11(12)13)10-6-4-3-5-7-10/h3-9,11,14H,1-2H3. The van der Waals surface area contributed by atoms with Crippen molar-refractivity contribution in [3.63, 3.8) is 0 Å². The maximum absolute atomic E-state index is 12.2. The van der Waals surface area contributed by atoms with Gasteiger partial charge in [-0.2, -0.15) is 0 Å². The third-order valence-corrected chi connectivity index (χ3v) is 2.19. The molecule has 1 nitrogen and oxygen atoms in total. The Morgan fingerprint density at radius 2 is 1.64 bits per heavy atom. The lowest BCUT2D eigenvalue weighted by molar-refractivity contribution is 0.101. The molecule has 0 saturated carbocycles. The molecular weight excluding hydrogens is 184 g/mol. The molecule has 0 aromatic heterocycles. The van der Waals surface area contributed by atoms with Crippen molar-refractivity contribution < 1.29 is 8.78 Å². The lowest BCUT2D eigenvalue weighted by Gasteiger charge is -2.19. The van der Waals surface area contributed by atoms with Crippen molar-refractivity contribution in [1.29, 1.82) is 0 Å². The van der Waals surface area contributed by atoms with E-state index in [2.05, 4.69) is 5.32 Å². The van der Waals surface area contributed by atoms with E-state index in [1.807, 2.05) is 37.3 Å². The van der Waals surface area contributed by atoms with E-state index < -0.39 is 12.5 Å². The fourth-order valence-electron chi connectivity index (χ4n) is 1.31. The summed E-state index contributed by atoms with van der Waals surface area (Å²) < 4.78 is 24.5. The predicted molar refractivity (Wildman–Crippen MR) is 53.5 cm³/mol. The van der Waals surface area contributed by atoms with Gasteiger partial charge in [0.1, 0.15) is 0 Å². The fraction of sp³-hybridized carbons (Fsp3) is 0.455. The van der Waals surface area contributed by atoms with Crippen LogP contribution in [0.1, 0.15) is 25.5 Å². The summed E-state index contributed by atoms with van der Waals surface area (Å²) in [7, 11) is 0. The quantitative estimate of drug-likeness (QED) is 0.786. The van der Waals surface area contributed by atoms with Gasteiger partial charge in [-0.05, 0) is 19.4 Å². The summed E-state index contributed by atoms with van der Waals surface area (Å²) in [5.74, 6) is 0. The highest BCUT2D eigenvalue weighted by Crippen LogP contribution is 2.13. The molecular formula is C11H15F2N. The van der Waals surface area contributed by atoms with Crippen LogP contribution < -0.4 is 5.32 Å². The summed E-state index contributed by atoms with van der Waals surface area (Å²) >= 11 is 0. The zero-order valence-corrected chi connectivity index (χ0v) is 8.37. The SMILES string of the molecule is CC(NC(C)C(F)F)c1ccccc1. The summed E-state index contributed by atoms with van der Waals surface area (Å²) in [5, 5.41) is 2.85. The highest BCUT2D eigenvalue weighted by atomic mass is 19.3. The first-order valence-corrected chi connectivity index (χ1v) is 4.70. The molecule has 1 aromatic carbocycles. The molecule has 0 saturated heterocycles. The molecule has 2 atom stereocenters. The first-order chi connectivity index (χ1) is 6.61. The van der Waals surface area contributed by atoms with Crippen LogP contribution in [0.2, 0.25) is 0 Å². The number of alkyl halides is 2. The Morgan fingerprint density at radius 3 is 2.14 bits per heavy atom. The van der Waals surface area contributed by atoms with Crippen LogP contribution in [0.4, 0.5) is 8.78 Å². The largest absolute Gasteiger partial charge is 0.302 e. The third kappa shape index (κ3) is 3.07. The Balaban J connectivity index is 2.55. The van der Waals surface area contributed by atoms with Crippen LogP contribution in [0.5, 0.6) is 0 Å². The molecule has 0 spiro atoms. The Hall–Kier alpha value is -0.960. The Kier molecular flexibility index (Phi) is 4.01. The zero-order chi connectivity index (χ0) is 10.6. The second-order valence-electron chi connectivity index (χ2n) is 3.42. The van der Waals surface area contributed by atoms with E-state index in [-0.39, 0.29) is 6.04 Å². The van der Waals surface area contributed by atoms with E-state index in [9.17, 15) is 8.78 Å². The van der Waals surface area contributed by atoms with E-state index in [1.54, 1.807) is 0 Å². The van der Waals surface area contributed by atoms with E-state index in [1.165, 1.54) is 6.92 Å². The second-order valence-corrected chi connectivity index (χ2v) is 3.42. The van der Waals surface area contributed by atoms with Crippen LogP contribution in [0.3, 0.4) is 0 Å². The zero-order valence-electron chi connectivity index (χ0n) is 8.37. The number of rotatable bonds is 4. The van der Waals surface area contributed by atoms with E-state index in [0.29, 0.717) is 0 Å². The van der Waals surface area contributed by atoms with Crippen LogP contribution in [0.15, 0.2) is 30.3 Å². The molecule has 0 bridgehead atoms. The number of hydrogen-bond donors (Lipinski definition) is 1.